The molecule has 1 N–H and O–H groups in total. The molecule has 0 aromatic heterocycles. The van der Waals surface area contributed by atoms with Crippen LogP contribution in [0.5, 0.6) is 0 Å². The molecule has 5 heteroatoms. The van der Waals surface area contributed by atoms with Crippen molar-refractivity contribution in [1.29, 1.82) is 0 Å². The van der Waals surface area contributed by atoms with E-state index in [1.807, 2.05) is 30.3 Å². The van der Waals surface area contributed by atoms with Crippen LogP contribution in [0, 0.1) is 0 Å². The Bertz CT molecular complexity index is 604. The molecule has 136 valence electrons. The lowest BCUT2D eigenvalue weighted by Crippen LogP contribution is -2.47. The third-order valence-electron chi connectivity index (χ3n) is 5.60. The second-order valence-corrected chi connectivity index (χ2v) is 7.35. The van der Waals surface area contributed by atoms with Crippen LogP contribution in [-0.2, 0) is 9.59 Å². The van der Waals surface area contributed by atoms with Gasteiger partial charge in [-0.05, 0) is 44.8 Å². The monoisotopic (exact) mass is 343 g/mol. The van der Waals surface area contributed by atoms with Gasteiger partial charge in [-0.25, -0.2) is 0 Å². The van der Waals surface area contributed by atoms with Gasteiger partial charge < -0.3 is 15.1 Å². The van der Waals surface area contributed by atoms with Gasteiger partial charge in [0.2, 0.25) is 11.8 Å². The minimum atomic E-state index is -0.256. The van der Waals surface area contributed by atoms with E-state index in [2.05, 4.69) is 22.2 Å². The quantitative estimate of drug-likeness (QED) is 0.893. The molecule has 3 rings (SSSR count). The largest absolute Gasteiger partial charge is 0.349 e. The van der Waals surface area contributed by atoms with Crippen LogP contribution in [0.25, 0.3) is 0 Å². The molecule has 1 aromatic carbocycles. The Labute approximate surface area is 150 Å². The van der Waals surface area contributed by atoms with Crippen molar-refractivity contribution in [3.8, 4) is 0 Å². The van der Waals surface area contributed by atoms with E-state index in [1.54, 1.807) is 0 Å². The number of amides is 2. The highest BCUT2D eigenvalue weighted by Gasteiger charge is 2.38. The molecule has 0 spiro atoms. The molecule has 3 atom stereocenters. The molecule has 25 heavy (non-hydrogen) atoms. The van der Waals surface area contributed by atoms with Crippen LogP contribution < -0.4 is 5.32 Å². The minimum absolute atomic E-state index is 0.102. The van der Waals surface area contributed by atoms with E-state index in [4.69, 9.17) is 0 Å². The highest BCUT2D eigenvalue weighted by Crippen LogP contribution is 2.30. The molecule has 2 fully saturated rings. The van der Waals surface area contributed by atoms with E-state index in [0.717, 1.165) is 31.5 Å². The fourth-order valence-corrected chi connectivity index (χ4v) is 4.40. The summed E-state index contributed by atoms with van der Waals surface area (Å²) in [5.41, 5.74) is 0.986. The maximum atomic E-state index is 13.0. The Hall–Kier alpha value is -1.88. The van der Waals surface area contributed by atoms with Gasteiger partial charge in [-0.1, -0.05) is 30.3 Å². The molecule has 2 amide bonds. The van der Waals surface area contributed by atoms with Crippen molar-refractivity contribution in [1.82, 2.24) is 15.1 Å². The predicted molar refractivity (Wildman–Crippen MR) is 98.0 cm³/mol. The molecule has 0 saturated carbocycles. The normalized spacial score (nSPS) is 25.1. The van der Waals surface area contributed by atoms with Gasteiger partial charge in [0.25, 0.3) is 0 Å². The molecule has 0 unspecified atom stereocenters. The summed E-state index contributed by atoms with van der Waals surface area (Å²) in [5.74, 6) is 0.0561. The third kappa shape index (κ3) is 4.21. The van der Waals surface area contributed by atoms with E-state index in [1.165, 1.54) is 19.8 Å². The number of rotatable bonds is 5. The van der Waals surface area contributed by atoms with Crippen molar-refractivity contribution in [2.24, 2.45) is 0 Å². The van der Waals surface area contributed by atoms with E-state index in [9.17, 15) is 9.59 Å². The highest BCUT2D eigenvalue weighted by molar-refractivity contribution is 5.79. The number of nitrogens with zero attached hydrogens (tertiary/aromatic N) is 2. The number of hydrogen-bond donors (Lipinski definition) is 1. The van der Waals surface area contributed by atoms with Crippen LogP contribution in [0.3, 0.4) is 0 Å². The van der Waals surface area contributed by atoms with Gasteiger partial charge in [0.05, 0.1) is 12.5 Å². The standard InChI is InChI=1S/C20H29N3O2/c1-15(24)21-17(16-8-4-3-5-9-16)14-20(25)23-13-7-11-19(23)18-10-6-12-22(18)2/h3-5,8-9,17-19H,6-7,10-14H2,1-2H3,(H,21,24)/t17-,18+,19-/m1/s1. The molecular formula is C20H29N3O2. The minimum Gasteiger partial charge on any atom is -0.349 e. The molecule has 0 aliphatic carbocycles. The maximum Gasteiger partial charge on any atom is 0.225 e. The lowest BCUT2D eigenvalue weighted by atomic mass is 10.0. The fourth-order valence-electron chi connectivity index (χ4n) is 4.40. The third-order valence-corrected chi connectivity index (χ3v) is 5.60. The predicted octanol–water partition coefficient (Wildman–Crippen LogP) is 2.34. The lowest BCUT2D eigenvalue weighted by molar-refractivity contribution is -0.133. The Balaban J connectivity index is 1.71. The second-order valence-electron chi connectivity index (χ2n) is 7.35. The number of hydrogen-bond acceptors (Lipinski definition) is 3. The Morgan fingerprint density at radius 1 is 1.12 bits per heavy atom. The van der Waals surface area contributed by atoms with Crippen molar-refractivity contribution < 1.29 is 9.59 Å². The Kier molecular flexibility index (Phi) is 5.74. The van der Waals surface area contributed by atoms with E-state index < -0.39 is 0 Å². The number of carbonyl (C=O) groups is 2. The van der Waals surface area contributed by atoms with Crippen LogP contribution in [0.15, 0.2) is 30.3 Å². The molecule has 0 bridgehead atoms. The van der Waals surface area contributed by atoms with E-state index in [-0.39, 0.29) is 17.9 Å². The smallest absolute Gasteiger partial charge is 0.225 e. The van der Waals surface area contributed by atoms with E-state index >= 15 is 0 Å². The van der Waals surface area contributed by atoms with E-state index in [0.29, 0.717) is 18.5 Å². The van der Waals surface area contributed by atoms with Crippen LogP contribution in [0.2, 0.25) is 0 Å². The summed E-state index contributed by atoms with van der Waals surface area (Å²) in [6, 6.07) is 10.3. The van der Waals surface area contributed by atoms with Gasteiger partial charge in [-0.15, -0.1) is 0 Å². The first kappa shape index (κ1) is 17.9. The summed E-state index contributed by atoms with van der Waals surface area (Å²) in [4.78, 5) is 29.1. The van der Waals surface area contributed by atoms with Crippen LogP contribution in [0.4, 0.5) is 0 Å². The second kappa shape index (κ2) is 8.00. The highest BCUT2D eigenvalue weighted by atomic mass is 16.2. The number of benzene rings is 1. The Morgan fingerprint density at radius 2 is 1.80 bits per heavy atom. The first-order valence-corrected chi connectivity index (χ1v) is 9.38. The number of likely N-dealkylation sites (N-methyl/N-ethyl adjacent to an activating group) is 1. The molecular weight excluding hydrogens is 314 g/mol. The topological polar surface area (TPSA) is 52.7 Å². The summed E-state index contributed by atoms with van der Waals surface area (Å²) in [5, 5.41) is 2.95. The average molecular weight is 343 g/mol. The van der Waals surface area contributed by atoms with Gasteiger partial charge in [-0.2, -0.15) is 0 Å². The molecule has 2 heterocycles. The summed E-state index contributed by atoms with van der Waals surface area (Å²) >= 11 is 0. The zero-order chi connectivity index (χ0) is 17.8. The van der Waals surface area contributed by atoms with Gasteiger partial charge >= 0.3 is 0 Å². The van der Waals surface area contributed by atoms with Gasteiger partial charge in [0.15, 0.2) is 0 Å². The zero-order valence-corrected chi connectivity index (χ0v) is 15.3. The van der Waals surface area contributed by atoms with Crippen molar-refractivity contribution in [3.05, 3.63) is 35.9 Å². The molecule has 5 nitrogen and oxygen atoms in total. The SMILES string of the molecule is CC(=O)N[C@H](CC(=O)N1CCC[C@@H]1[C@@H]1CCCN1C)c1ccccc1. The van der Waals surface area contributed by atoms with Crippen LogP contribution >= 0.6 is 0 Å². The summed E-state index contributed by atoms with van der Waals surface area (Å²) < 4.78 is 0. The van der Waals surface area contributed by atoms with Crippen LogP contribution in [-0.4, -0.2) is 53.8 Å². The van der Waals surface area contributed by atoms with Crippen molar-refractivity contribution >= 4 is 11.8 Å². The number of likely N-dealkylation sites (tertiary alicyclic amines) is 2. The van der Waals surface area contributed by atoms with Gasteiger partial charge in [0.1, 0.15) is 0 Å². The van der Waals surface area contributed by atoms with Crippen molar-refractivity contribution in [3.63, 3.8) is 0 Å². The van der Waals surface area contributed by atoms with Crippen molar-refractivity contribution in [2.75, 3.05) is 20.1 Å². The lowest BCUT2D eigenvalue weighted by Gasteiger charge is -2.34. The number of nitrogens with one attached hydrogen (secondary N) is 1. The molecule has 1 aromatic rings. The molecule has 2 aliphatic rings. The summed E-state index contributed by atoms with van der Waals surface area (Å²) in [6.07, 6.45) is 4.90. The zero-order valence-electron chi connectivity index (χ0n) is 15.3. The number of carbonyl (C=O) groups excluding carboxylic acids is 2. The average Bonchev–Trinajstić information content (AvgIpc) is 3.23. The maximum absolute atomic E-state index is 13.0. The summed E-state index contributed by atoms with van der Waals surface area (Å²) in [6.45, 7) is 3.48. The Morgan fingerprint density at radius 3 is 2.44 bits per heavy atom. The fraction of sp³-hybridized carbons (Fsp3) is 0.600. The first-order chi connectivity index (χ1) is 12.1. The molecule has 2 aliphatic heterocycles. The molecule has 2 saturated heterocycles. The van der Waals surface area contributed by atoms with Gasteiger partial charge in [0, 0.05) is 25.6 Å². The van der Waals surface area contributed by atoms with Crippen molar-refractivity contribution in [2.45, 2.75) is 57.2 Å². The van der Waals surface area contributed by atoms with Crippen LogP contribution in [0.1, 0.15) is 50.6 Å². The first-order valence-electron chi connectivity index (χ1n) is 9.38. The van der Waals surface area contributed by atoms with Gasteiger partial charge in [-0.3, -0.25) is 9.59 Å². The summed E-state index contributed by atoms with van der Waals surface area (Å²) in [7, 11) is 2.17. The molecule has 0 radical (unpaired) electrons.